The van der Waals surface area contributed by atoms with Crippen LogP contribution in [-0.2, 0) is 16.1 Å². The van der Waals surface area contributed by atoms with Crippen molar-refractivity contribution in [2.24, 2.45) is 0 Å². The maximum Gasteiger partial charge on any atom is 0.249 e. The number of methoxy groups -OCH3 is 1. The molecule has 0 bridgehead atoms. The molecule has 154 valence electrons. The summed E-state index contributed by atoms with van der Waals surface area (Å²) in [5.74, 6) is 1.23. The first kappa shape index (κ1) is 19.8. The van der Waals surface area contributed by atoms with Crippen LogP contribution in [0, 0.1) is 5.82 Å². The topological polar surface area (TPSA) is 60.9 Å². The van der Waals surface area contributed by atoms with E-state index >= 15 is 0 Å². The van der Waals surface area contributed by atoms with Gasteiger partial charge in [-0.15, -0.1) is 0 Å². The Morgan fingerprint density at radius 2 is 2.00 bits per heavy atom. The summed E-state index contributed by atoms with van der Waals surface area (Å²) in [5.41, 5.74) is 1.13. The molecule has 1 amide bonds. The molecule has 1 aliphatic rings. The first-order valence-corrected chi connectivity index (χ1v) is 9.52. The molecule has 2 aromatic carbocycles. The number of amides is 1. The molecule has 1 aromatic heterocycles. The normalized spacial score (nSPS) is 16.4. The number of benzene rings is 2. The highest BCUT2D eigenvalue weighted by molar-refractivity contribution is 5.78. The van der Waals surface area contributed by atoms with E-state index in [2.05, 4.69) is 4.98 Å². The van der Waals surface area contributed by atoms with Gasteiger partial charge in [-0.1, -0.05) is 24.3 Å². The quantitative estimate of drug-likeness (QED) is 0.614. The van der Waals surface area contributed by atoms with Gasteiger partial charge < -0.3 is 19.1 Å². The second-order valence-corrected chi connectivity index (χ2v) is 6.84. The molecule has 2 heterocycles. The van der Waals surface area contributed by atoms with Crippen molar-refractivity contribution in [1.29, 1.82) is 0 Å². The number of hydrogen-bond acceptors (Lipinski definition) is 5. The highest BCUT2D eigenvalue weighted by Gasteiger charge is 2.32. The second kappa shape index (κ2) is 8.92. The number of halogens is 1. The summed E-state index contributed by atoms with van der Waals surface area (Å²) in [6.07, 6.45) is 3.27. The zero-order chi connectivity index (χ0) is 20.9. The van der Waals surface area contributed by atoms with Crippen molar-refractivity contribution in [2.45, 2.75) is 12.6 Å². The van der Waals surface area contributed by atoms with Crippen molar-refractivity contribution < 1.29 is 23.4 Å². The molecule has 0 saturated carbocycles. The molecule has 1 aliphatic heterocycles. The van der Waals surface area contributed by atoms with Gasteiger partial charge in [0.15, 0.2) is 0 Å². The summed E-state index contributed by atoms with van der Waals surface area (Å²) in [5, 5.41) is 0. The number of aromatic nitrogens is 1. The van der Waals surface area contributed by atoms with Crippen molar-refractivity contribution in [2.75, 3.05) is 20.3 Å². The summed E-state index contributed by atoms with van der Waals surface area (Å²) in [4.78, 5) is 18.5. The van der Waals surface area contributed by atoms with Crippen LogP contribution < -0.4 is 9.47 Å². The third-order valence-corrected chi connectivity index (χ3v) is 4.93. The number of hydrogen-bond donors (Lipinski definition) is 0. The fourth-order valence-electron chi connectivity index (χ4n) is 3.40. The van der Waals surface area contributed by atoms with E-state index in [-0.39, 0.29) is 31.5 Å². The molecule has 0 radical (unpaired) electrons. The Kier molecular flexibility index (Phi) is 5.90. The van der Waals surface area contributed by atoms with Crippen molar-refractivity contribution in [3.8, 4) is 17.2 Å². The van der Waals surface area contributed by atoms with Gasteiger partial charge in [-0.2, -0.15) is 0 Å². The number of rotatable bonds is 6. The maximum absolute atomic E-state index is 14.2. The molecule has 4 rings (SSSR count). The largest absolute Gasteiger partial charge is 0.497 e. The standard InChI is InChI=1S/C23H21FN2O4/c1-28-17-6-4-7-18(11-17)30-22-9-10-25-12-19(22)21-14-29-15-23(27)26(21)13-16-5-2-3-8-20(16)24/h2-12,21H,13-15H2,1H3. The van der Waals surface area contributed by atoms with E-state index < -0.39 is 6.04 Å². The average molecular weight is 408 g/mol. The van der Waals surface area contributed by atoms with Crippen LogP contribution in [0.3, 0.4) is 0 Å². The Hall–Kier alpha value is -3.45. The van der Waals surface area contributed by atoms with Crippen LogP contribution >= 0.6 is 0 Å². The van der Waals surface area contributed by atoms with E-state index in [1.807, 2.05) is 18.2 Å². The molecule has 1 atom stereocenters. The van der Waals surface area contributed by atoms with Crippen LogP contribution in [0.4, 0.5) is 4.39 Å². The summed E-state index contributed by atoms with van der Waals surface area (Å²) in [6, 6.07) is 14.9. The molecule has 1 unspecified atom stereocenters. The number of pyridine rings is 1. The molecule has 1 saturated heterocycles. The van der Waals surface area contributed by atoms with Crippen LogP contribution in [0.2, 0.25) is 0 Å². The number of carbonyl (C=O) groups excluding carboxylic acids is 1. The Balaban J connectivity index is 1.65. The lowest BCUT2D eigenvalue weighted by atomic mass is 10.0. The molecule has 7 heteroatoms. The lowest BCUT2D eigenvalue weighted by Gasteiger charge is -2.36. The van der Waals surface area contributed by atoms with E-state index in [0.29, 0.717) is 28.4 Å². The summed E-state index contributed by atoms with van der Waals surface area (Å²) >= 11 is 0. The lowest BCUT2D eigenvalue weighted by Crippen LogP contribution is -2.43. The van der Waals surface area contributed by atoms with Crippen molar-refractivity contribution >= 4 is 5.91 Å². The van der Waals surface area contributed by atoms with Crippen LogP contribution in [0.1, 0.15) is 17.2 Å². The number of morpholine rings is 1. The van der Waals surface area contributed by atoms with E-state index in [1.54, 1.807) is 54.7 Å². The molecule has 0 aliphatic carbocycles. The highest BCUT2D eigenvalue weighted by Crippen LogP contribution is 2.35. The Labute approximate surface area is 173 Å². The van der Waals surface area contributed by atoms with Crippen LogP contribution in [0.25, 0.3) is 0 Å². The Bertz CT molecular complexity index is 1040. The van der Waals surface area contributed by atoms with Gasteiger partial charge >= 0.3 is 0 Å². The minimum absolute atomic E-state index is 0.0444. The van der Waals surface area contributed by atoms with Gasteiger partial charge in [0.2, 0.25) is 5.91 Å². The average Bonchev–Trinajstić information content (AvgIpc) is 2.77. The summed E-state index contributed by atoms with van der Waals surface area (Å²) < 4.78 is 31.0. The fraction of sp³-hybridized carbons (Fsp3) is 0.217. The van der Waals surface area contributed by atoms with Crippen LogP contribution in [0.15, 0.2) is 67.0 Å². The number of nitrogens with zero attached hydrogens (tertiary/aromatic N) is 2. The van der Waals surface area contributed by atoms with Crippen molar-refractivity contribution in [3.63, 3.8) is 0 Å². The number of ether oxygens (including phenoxy) is 3. The summed E-state index contributed by atoms with van der Waals surface area (Å²) in [7, 11) is 1.59. The van der Waals surface area contributed by atoms with Gasteiger partial charge in [-0.3, -0.25) is 9.78 Å². The molecule has 3 aromatic rings. The van der Waals surface area contributed by atoms with Gasteiger partial charge in [-0.25, -0.2) is 4.39 Å². The molecule has 0 N–H and O–H groups in total. The van der Waals surface area contributed by atoms with E-state index in [1.165, 1.54) is 6.07 Å². The maximum atomic E-state index is 14.2. The smallest absolute Gasteiger partial charge is 0.249 e. The predicted molar refractivity (Wildman–Crippen MR) is 108 cm³/mol. The predicted octanol–water partition coefficient (Wildman–Crippen LogP) is 4.12. The molecule has 6 nitrogen and oxygen atoms in total. The van der Waals surface area contributed by atoms with E-state index in [9.17, 15) is 9.18 Å². The zero-order valence-electron chi connectivity index (χ0n) is 16.5. The Morgan fingerprint density at radius 3 is 2.83 bits per heavy atom. The SMILES string of the molecule is COc1cccc(Oc2ccncc2C2COCC(=O)N2Cc2ccccc2F)c1. The molecule has 0 spiro atoms. The van der Waals surface area contributed by atoms with Crippen LogP contribution in [0.5, 0.6) is 17.2 Å². The third kappa shape index (κ3) is 4.26. The third-order valence-electron chi connectivity index (χ3n) is 4.93. The molecule has 1 fully saturated rings. The van der Waals surface area contributed by atoms with Gasteiger partial charge in [0, 0.05) is 36.1 Å². The van der Waals surface area contributed by atoms with E-state index in [0.717, 1.165) is 0 Å². The first-order chi connectivity index (χ1) is 14.7. The number of carbonyl (C=O) groups is 1. The van der Waals surface area contributed by atoms with E-state index in [4.69, 9.17) is 14.2 Å². The Morgan fingerprint density at radius 1 is 1.17 bits per heavy atom. The second-order valence-electron chi connectivity index (χ2n) is 6.84. The zero-order valence-corrected chi connectivity index (χ0v) is 16.5. The minimum Gasteiger partial charge on any atom is -0.497 e. The van der Waals surface area contributed by atoms with Gasteiger partial charge in [-0.05, 0) is 24.3 Å². The monoisotopic (exact) mass is 408 g/mol. The molecular formula is C23H21FN2O4. The summed E-state index contributed by atoms with van der Waals surface area (Å²) in [6.45, 7) is 0.352. The fourth-order valence-corrected chi connectivity index (χ4v) is 3.40. The van der Waals surface area contributed by atoms with Crippen LogP contribution in [-0.4, -0.2) is 36.1 Å². The van der Waals surface area contributed by atoms with Crippen molar-refractivity contribution in [1.82, 2.24) is 9.88 Å². The first-order valence-electron chi connectivity index (χ1n) is 9.52. The minimum atomic E-state index is -0.458. The highest BCUT2D eigenvalue weighted by atomic mass is 19.1. The molecular weight excluding hydrogens is 387 g/mol. The van der Waals surface area contributed by atoms with Gasteiger partial charge in [0.1, 0.15) is 29.7 Å². The molecule has 30 heavy (non-hydrogen) atoms. The lowest BCUT2D eigenvalue weighted by molar-refractivity contribution is -0.149. The van der Waals surface area contributed by atoms with Gasteiger partial charge in [0.25, 0.3) is 0 Å². The van der Waals surface area contributed by atoms with Crippen molar-refractivity contribution in [3.05, 3.63) is 83.9 Å². The van der Waals surface area contributed by atoms with Gasteiger partial charge in [0.05, 0.1) is 19.8 Å².